The zero-order valence-electron chi connectivity index (χ0n) is 13.6. The molecule has 0 bridgehead atoms. The second kappa shape index (κ2) is 9.68. The first-order valence-electron chi connectivity index (χ1n) is 7.04. The average Bonchev–Trinajstić information content (AvgIpc) is 2.49. The van der Waals surface area contributed by atoms with Crippen LogP contribution in [0.25, 0.3) is 0 Å². The van der Waals surface area contributed by atoms with E-state index in [4.69, 9.17) is 18.9 Å². The molecule has 0 heterocycles. The van der Waals surface area contributed by atoms with Crippen molar-refractivity contribution < 1.29 is 28.5 Å². The summed E-state index contributed by atoms with van der Waals surface area (Å²) in [5.41, 5.74) is 0.404. The van der Waals surface area contributed by atoms with E-state index in [2.05, 4.69) is 38.4 Å². The van der Waals surface area contributed by atoms with Crippen molar-refractivity contribution in [3.8, 4) is 11.5 Å². The van der Waals surface area contributed by atoms with E-state index in [0.717, 1.165) is 0 Å². The quantitative estimate of drug-likeness (QED) is 0.324. The first-order chi connectivity index (χ1) is 11.3. The van der Waals surface area contributed by atoms with Gasteiger partial charge in [-0.05, 0) is 44.8 Å². The fraction of sp³-hybridized carbons (Fsp3) is 0.375. The smallest absolute Gasteiger partial charge is 0.305 e. The minimum Gasteiger partial charge on any atom is -0.490 e. The predicted molar refractivity (Wildman–Crippen MR) is 95.0 cm³/mol. The molecule has 0 aliphatic rings. The molecule has 24 heavy (non-hydrogen) atoms. The molecule has 1 aromatic rings. The summed E-state index contributed by atoms with van der Waals surface area (Å²) in [4.78, 5) is 22.6. The molecular formula is C16H18Br2O6. The SMILES string of the molecule is C=CCOc1c(OCC)cc(C(OC(C)=O)OC(C)=O)c(Br)c1Br. The number of hydrogen-bond acceptors (Lipinski definition) is 6. The normalized spacial score (nSPS) is 10.2. The van der Waals surface area contributed by atoms with Crippen LogP contribution in [0.5, 0.6) is 11.5 Å². The third-order valence-corrected chi connectivity index (χ3v) is 4.74. The van der Waals surface area contributed by atoms with E-state index in [-0.39, 0.29) is 6.61 Å². The summed E-state index contributed by atoms with van der Waals surface area (Å²) in [6.07, 6.45) is 0.392. The van der Waals surface area contributed by atoms with Gasteiger partial charge in [-0.1, -0.05) is 12.7 Å². The molecule has 0 aliphatic heterocycles. The highest BCUT2D eigenvalue weighted by Gasteiger charge is 2.26. The van der Waals surface area contributed by atoms with Crippen LogP contribution >= 0.6 is 31.9 Å². The number of hydrogen-bond donors (Lipinski definition) is 0. The maximum absolute atomic E-state index is 11.3. The molecule has 6 nitrogen and oxygen atoms in total. The van der Waals surface area contributed by atoms with E-state index in [1.165, 1.54) is 13.8 Å². The summed E-state index contributed by atoms with van der Waals surface area (Å²) in [7, 11) is 0. The molecular weight excluding hydrogens is 448 g/mol. The Hall–Kier alpha value is -1.54. The van der Waals surface area contributed by atoms with Crippen LogP contribution in [0.2, 0.25) is 0 Å². The molecule has 0 saturated heterocycles. The Morgan fingerprint density at radius 1 is 1.17 bits per heavy atom. The number of esters is 2. The highest BCUT2D eigenvalue weighted by molar-refractivity contribution is 9.13. The molecule has 0 amide bonds. The van der Waals surface area contributed by atoms with Crippen molar-refractivity contribution in [2.24, 2.45) is 0 Å². The third-order valence-electron chi connectivity index (χ3n) is 2.60. The first kappa shape index (κ1) is 20.5. The molecule has 0 aromatic heterocycles. The molecule has 0 spiro atoms. The van der Waals surface area contributed by atoms with Gasteiger partial charge in [-0.15, -0.1) is 0 Å². The monoisotopic (exact) mass is 464 g/mol. The Balaban J connectivity index is 3.41. The third kappa shape index (κ3) is 5.52. The van der Waals surface area contributed by atoms with E-state index >= 15 is 0 Å². The van der Waals surface area contributed by atoms with Gasteiger partial charge in [0.2, 0.25) is 0 Å². The van der Waals surface area contributed by atoms with Crippen molar-refractivity contribution in [1.29, 1.82) is 0 Å². The number of halogens is 2. The van der Waals surface area contributed by atoms with E-state index in [9.17, 15) is 9.59 Å². The minimum absolute atomic E-state index is 0.280. The van der Waals surface area contributed by atoms with Crippen LogP contribution in [-0.4, -0.2) is 25.2 Å². The second-order valence-corrected chi connectivity index (χ2v) is 6.09. The summed E-state index contributed by atoms with van der Waals surface area (Å²) in [6.45, 7) is 8.55. The van der Waals surface area contributed by atoms with E-state index in [1.807, 2.05) is 6.92 Å². The van der Waals surface area contributed by atoms with Crippen LogP contribution in [0.3, 0.4) is 0 Å². The lowest BCUT2D eigenvalue weighted by Gasteiger charge is -2.21. The van der Waals surface area contributed by atoms with Crippen molar-refractivity contribution >= 4 is 43.8 Å². The molecule has 0 atom stereocenters. The van der Waals surface area contributed by atoms with Crippen molar-refractivity contribution in [1.82, 2.24) is 0 Å². The van der Waals surface area contributed by atoms with Gasteiger partial charge in [0, 0.05) is 18.3 Å². The number of carbonyl (C=O) groups excluding carboxylic acids is 2. The van der Waals surface area contributed by atoms with Crippen molar-refractivity contribution in [3.05, 3.63) is 33.2 Å². The zero-order valence-corrected chi connectivity index (χ0v) is 16.7. The molecule has 1 rings (SSSR count). The van der Waals surface area contributed by atoms with E-state index in [1.54, 1.807) is 12.1 Å². The summed E-state index contributed by atoms with van der Waals surface area (Å²) in [6, 6.07) is 1.59. The molecule has 0 aliphatic carbocycles. The fourth-order valence-corrected chi connectivity index (χ4v) is 2.79. The minimum atomic E-state index is -1.21. The van der Waals surface area contributed by atoms with Crippen LogP contribution in [-0.2, 0) is 19.1 Å². The lowest BCUT2D eigenvalue weighted by Crippen LogP contribution is -2.16. The molecule has 0 saturated carbocycles. The zero-order chi connectivity index (χ0) is 18.3. The largest absolute Gasteiger partial charge is 0.490 e. The van der Waals surface area contributed by atoms with E-state index in [0.29, 0.717) is 32.6 Å². The van der Waals surface area contributed by atoms with Crippen LogP contribution in [0.15, 0.2) is 27.7 Å². The maximum atomic E-state index is 11.3. The van der Waals surface area contributed by atoms with Crippen molar-refractivity contribution in [2.75, 3.05) is 13.2 Å². The molecule has 0 N–H and O–H groups in total. The highest BCUT2D eigenvalue weighted by atomic mass is 79.9. The average molecular weight is 466 g/mol. The molecule has 1 aromatic carbocycles. The lowest BCUT2D eigenvalue weighted by molar-refractivity contribution is -0.186. The lowest BCUT2D eigenvalue weighted by atomic mass is 10.2. The topological polar surface area (TPSA) is 71.1 Å². The number of benzene rings is 1. The Morgan fingerprint density at radius 2 is 1.75 bits per heavy atom. The number of carbonyl (C=O) groups is 2. The van der Waals surface area contributed by atoms with E-state index < -0.39 is 18.2 Å². The molecule has 8 heteroatoms. The predicted octanol–water partition coefficient (Wildman–Crippen LogP) is 4.30. The Bertz CT molecular complexity index is 613. The number of rotatable bonds is 8. The van der Waals surface area contributed by atoms with Crippen LogP contribution < -0.4 is 9.47 Å². The molecule has 0 unspecified atom stereocenters. The maximum Gasteiger partial charge on any atom is 0.305 e. The molecule has 0 radical (unpaired) electrons. The van der Waals surface area contributed by atoms with Gasteiger partial charge < -0.3 is 18.9 Å². The first-order valence-corrected chi connectivity index (χ1v) is 8.63. The summed E-state index contributed by atoms with van der Waals surface area (Å²) in [5.74, 6) is -0.311. The molecule has 0 fully saturated rings. The van der Waals surface area contributed by atoms with Gasteiger partial charge >= 0.3 is 11.9 Å². The standard InChI is InChI=1S/C16H18Br2O6/c1-5-7-22-15-12(21-6-2)8-11(13(17)14(15)18)16(23-9(3)19)24-10(4)20/h5,8,16H,1,6-7H2,2-4H3. The fourth-order valence-electron chi connectivity index (χ4n) is 1.77. The Kier molecular flexibility index (Phi) is 8.27. The van der Waals surface area contributed by atoms with Crippen LogP contribution in [0.4, 0.5) is 0 Å². The van der Waals surface area contributed by atoms with Gasteiger partial charge in [-0.2, -0.15) is 0 Å². The van der Waals surface area contributed by atoms with Gasteiger partial charge in [0.15, 0.2) is 11.5 Å². The van der Waals surface area contributed by atoms with Gasteiger partial charge in [0.1, 0.15) is 6.61 Å². The molecule has 132 valence electrons. The second-order valence-electron chi connectivity index (χ2n) is 4.50. The Labute approximate surface area is 157 Å². The summed E-state index contributed by atoms with van der Waals surface area (Å²) in [5, 5.41) is 0. The van der Waals surface area contributed by atoms with Crippen LogP contribution in [0, 0.1) is 0 Å². The van der Waals surface area contributed by atoms with Crippen molar-refractivity contribution in [2.45, 2.75) is 27.1 Å². The Morgan fingerprint density at radius 3 is 2.21 bits per heavy atom. The van der Waals surface area contributed by atoms with Gasteiger partial charge in [0.05, 0.1) is 16.6 Å². The highest BCUT2D eigenvalue weighted by Crippen LogP contribution is 2.45. The number of ether oxygens (including phenoxy) is 4. The van der Waals surface area contributed by atoms with Crippen molar-refractivity contribution in [3.63, 3.8) is 0 Å². The van der Waals surface area contributed by atoms with Gasteiger partial charge in [-0.25, -0.2) is 0 Å². The van der Waals surface area contributed by atoms with Gasteiger partial charge in [-0.3, -0.25) is 9.59 Å². The van der Waals surface area contributed by atoms with Crippen LogP contribution in [0.1, 0.15) is 32.6 Å². The van der Waals surface area contributed by atoms with Gasteiger partial charge in [0.25, 0.3) is 6.29 Å². The summed E-state index contributed by atoms with van der Waals surface area (Å²) < 4.78 is 22.4. The summed E-state index contributed by atoms with van der Waals surface area (Å²) >= 11 is 6.81.